The summed E-state index contributed by atoms with van der Waals surface area (Å²) in [5.41, 5.74) is 0.360. The van der Waals surface area contributed by atoms with Crippen molar-refractivity contribution < 1.29 is 23.8 Å². The van der Waals surface area contributed by atoms with Crippen LogP contribution in [0.1, 0.15) is 12.5 Å². The maximum absolute atomic E-state index is 11.5. The van der Waals surface area contributed by atoms with Crippen LogP contribution in [-0.2, 0) is 14.3 Å². The molecule has 112 valence electrons. The molecule has 0 aliphatic rings. The Kier molecular flexibility index (Phi) is 6.01. The van der Waals surface area contributed by atoms with Crippen LogP contribution in [-0.4, -0.2) is 38.7 Å². The molecule has 0 bridgehead atoms. The summed E-state index contributed by atoms with van der Waals surface area (Å²) in [7, 11) is 2.69. The average Bonchev–Trinajstić information content (AvgIpc) is 2.49. The number of ether oxygens (including phenoxy) is 3. The van der Waals surface area contributed by atoms with Crippen molar-refractivity contribution in [2.24, 2.45) is 0 Å². The monoisotopic (exact) mass is 292 g/mol. The number of hydrogen-bond acceptors (Lipinski definition) is 6. The number of carbonyl (C=O) groups excluding carboxylic acids is 2. The van der Waals surface area contributed by atoms with Gasteiger partial charge in [0.25, 0.3) is 0 Å². The normalized spacial score (nSPS) is 11.0. The van der Waals surface area contributed by atoms with Crippen LogP contribution in [0.5, 0.6) is 11.5 Å². The molecule has 0 spiro atoms. The van der Waals surface area contributed by atoms with Crippen molar-refractivity contribution in [1.29, 1.82) is 5.26 Å². The van der Waals surface area contributed by atoms with Crippen LogP contribution in [0.2, 0.25) is 0 Å². The second kappa shape index (κ2) is 7.75. The van der Waals surface area contributed by atoms with E-state index in [0.717, 1.165) is 0 Å². The van der Waals surface area contributed by atoms with Crippen molar-refractivity contribution in [3.05, 3.63) is 23.8 Å². The van der Waals surface area contributed by atoms with E-state index in [2.05, 4.69) is 10.1 Å². The van der Waals surface area contributed by atoms with E-state index in [4.69, 9.17) is 14.7 Å². The lowest BCUT2D eigenvalue weighted by atomic mass is 10.2. The van der Waals surface area contributed by atoms with Crippen LogP contribution in [0, 0.1) is 11.3 Å². The van der Waals surface area contributed by atoms with Crippen LogP contribution in [0.3, 0.4) is 0 Å². The summed E-state index contributed by atoms with van der Waals surface area (Å²) >= 11 is 0. The van der Waals surface area contributed by atoms with Crippen LogP contribution >= 0.6 is 0 Å². The van der Waals surface area contributed by atoms with Gasteiger partial charge in [-0.1, -0.05) is 0 Å². The van der Waals surface area contributed by atoms with E-state index in [0.29, 0.717) is 17.1 Å². The highest BCUT2D eigenvalue weighted by molar-refractivity contribution is 5.83. The fraction of sp³-hybridized carbons (Fsp3) is 0.357. The lowest BCUT2D eigenvalue weighted by Crippen LogP contribution is -2.44. The van der Waals surface area contributed by atoms with Gasteiger partial charge in [-0.3, -0.25) is 4.79 Å². The Morgan fingerprint density at radius 3 is 2.48 bits per heavy atom. The summed E-state index contributed by atoms with van der Waals surface area (Å²) in [4.78, 5) is 22.6. The van der Waals surface area contributed by atoms with Crippen LogP contribution in [0.4, 0.5) is 0 Å². The van der Waals surface area contributed by atoms with E-state index >= 15 is 0 Å². The Labute approximate surface area is 122 Å². The molecule has 0 heterocycles. The molecule has 0 saturated heterocycles. The minimum absolute atomic E-state index is 0.121. The maximum atomic E-state index is 11.5. The third-order valence-electron chi connectivity index (χ3n) is 2.52. The molecule has 7 heteroatoms. The third kappa shape index (κ3) is 5.03. The highest BCUT2D eigenvalue weighted by Gasteiger charge is 2.21. The molecule has 0 aliphatic heterocycles. The highest BCUT2D eigenvalue weighted by atomic mass is 16.5. The average molecular weight is 292 g/mol. The van der Waals surface area contributed by atoms with Gasteiger partial charge in [0.15, 0.2) is 6.04 Å². The van der Waals surface area contributed by atoms with Crippen molar-refractivity contribution in [3.63, 3.8) is 0 Å². The Hall–Kier alpha value is -2.75. The van der Waals surface area contributed by atoms with E-state index in [9.17, 15) is 9.59 Å². The molecule has 0 saturated carbocycles. The molecule has 0 fully saturated rings. The molecular weight excluding hydrogens is 276 g/mol. The van der Waals surface area contributed by atoms with Gasteiger partial charge in [-0.25, -0.2) is 4.79 Å². The largest absolute Gasteiger partial charge is 0.497 e. The number of nitriles is 1. The van der Waals surface area contributed by atoms with E-state index in [1.807, 2.05) is 6.07 Å². The van der Waals surface area contributed by atoms with E-state index in [1.165, 1.54) is 27.2 Å². The molecule has 1 atom stereocenters. The summed E-state index contributed by atoms with van der Waals surface area (Å²) in [5.74, 6) is -0.186. The summed E-state index contributed by atoms with van der Waals surface area (Å²) < 4.78 is 15.1. The molecule has 1 amide bonds. The van der Waals surface area contributed by atoms with Crippen molar-refractivity contribution in [2.45, 2.75) is 13.0 Å². The first kappa shape index (κ1) is 16.3. The van der Waals surface area contributed by atoms with Crippen molar-refractivity contribution >= 4 is 11.9 Å². The Morgan fingerprint density at radius 2 is 1.95 bits per heavy atom. The number of methoxy groups -OCH3 is 2. The second-order valence-electron chi connectivity index (χ2n) is 4.10. The molecule has 1 N–H and O–H groups in total. The van der Waals surface area contributed by atoms with E-state index < -0.39 is 12.0 Å². The molecule has 1 unspecified atom stereocenters. The van der Waals surface area contributed by atoms with Crippen molar-refractivity contribution in [3.8, 4) is 17.6 Å². The van der Waals surface area contributed by atoms with Gasteiger partial charge in [0.1, 0.15) is 18.1 Å². The highest BCUT2D eigenvalue weighted by Crippen LogP contribution is 2.22. The number of nitrogens with zero attached hydrogens (tertiary/aromatic N) is 1. The van der Waals surface area contributed by atoms with Crippen molar-refractivity contribution in [2.75, 3.05) is 20.8 Å². The fourth-order valence-electron chi connectivity index (χ4n) is 1.57. The number of esters is 1. The molecule has 1 rings (SSSR count). The van der Waals surface area contributed by atoms with Crippen LogP contribution in [0.15, 0.2) is 18.2 Å². The second-order valence-corrected chi connectivity index (χ2v) is 4.10. The van der Waals surface area contributed by atoms with Gasteiger partial charge in [-0.05, 0) is 12.1 Å². The summed E-state index contributed by atoms with van der Waals surface area (Å²) in [6.07, 6.45) is 0. The summed E-state index contributed by atoms with van der Waals surface area (Å²) in [6, 6.07) is 5.68. The van der Waals surface area contributed by atoms with Gasteiger partial charge in [0.05, 0.1) is 25.9 Å². The fourth-order valence-corrected chi connectivity index (χ4v) is 1.57. The lowest BCUT2D eigenvalue weighted by Gasteiger charge is -2.16. The molecule has 1 aromatic rings. The van der Waals surface area contributed by atoms with E-state index in [1.54, 1.807) is 12.1 Å². The molecule has 21 heavy (non-hydrogen) atoms. The predicted molar refractivity (Wildman–Crippen MR) is 72.8 cm³/mol. The van der Waals surface area contributed by atoms with Crippen LogP contribution in [0.25, 0.3) is 0 Å². The van der Waals surface area contributed by atoms with Gasteiger partial charge in [-0.2, -0.15) is 5.26 Å². The SMILES string of the molecule is COC(=O)C(COc1cc(C#N)cc(OC)c1)NC(C)=O. The topological polar surface area (TPSA) is 97.7 Å². The van der Waals surface area contributed by atoms with Crippen molar-refractivity contribution in [1.82, 2.24) is 5.32 Å². The first-order valence-corrected chi connectivity index (χ1v) is 6.07. The maximum Gasteiger partial charge on any atom is 0.331 e. The minimum Gasteiger partial charge on any atom is -0.497 e. The zero-order chi connectivity index (χ0) is 15.8. The lowest BCUT2D eigenvalue weighted by molar-refractivity contribution is -0.145. The number of nitrogens with one attached hydrogen (secondary N) is 1. The van der Waals surface area contributed by atoms with Gasteiger partial charge < -0.3 is 19.5 Å². The number of carbonyl (C=O) groups is 2. The summed E-state index contributed by atoms with van der Waals surface area (Å²) in [6.45, 7) is 1.17. The molecule has 0 aromatic heterocycles. The first-order chi connectivity index (χ1) is 9.99. The number of rotatable bonds is 6. The number of hydrogen-bond donors (Lipinski definition) is 1. The molecule has 0 radical (unpaired) electrons. The molecule has 7 nitrogen and oxygen atoms in total. The van der Waals surface area contributed by atoms with Crippen LogP contribution < -0.4 is 14.8 Å². The summed E-state index contributed by atoms with van der Waals surface area (Å²) in [5, 5.41) is 11.3. The quantitative estimate of drug-likeness (QED) is 0.772. The molecular formula is C14H16N2O5. The number of amides is 1. The van der Waals surface area contributed by atoms with E-state index in [-0.39, 0.29) is 12.5 Å². The zero-order valence-electron chi connectivity index (χ0n) is 12.0. The van der Waals surface area contributed by atoms with Gasteiger partial charge in [-0.15, -0.1) is 0 Å². The molecule has 1 aromatic carbocycles. The van der Waals surface area contributed by atoms with Gasteiger partial charge in [0, 0.05) is 13.0 Å². The Morgan fingerprint density at radius 1 is 1.29 bits per heavy atom. The minimum atomic E-state index is -0.927. The van der Waals surface area contributed by atoms with Gasteiger partial charge >= 0.3 is 5.97 Å². The molecule has 0 aliphatic carbocycles. The smallest absolute Gasteiger partial charge is 0.331 e. The zero-order valence-corrected chi connectivity index (χ0v) is 12.0. The number of benzene rings is 1. The first-order valence-electron chi connectivity index (χ1n) is 6.07. The Balaban J connectivity index is 2.82. The Bertz CT molecular complexity index is 565. The predicted octanol–water partition coefficient (Wildman–Crippen LogP) is 0.623. The van der Waals surface area contributed by atoms with Gasteiger partial charge in [0.2, 0.25) is 5.91 Å². The standard InChI is InChI=1S/C14H16N2O5/c1-9(17)16-13(14(18)20-3)8-21-12-5-10(7-15)4-11(6-12)19-2/h4-6,13H,8H2,1-3H3,(H,16,17). The third-order valence-corrected chi connectivity index (χ3v) is 2.52.